The first kappa shape index (κ1) is 31.8. The summed E-state index contributed by atoms with van der Waals surface area (Å²) in [6.45, 7) is 7.17. The van der Waals surface area contributed by atoms with E-state index in [1.165, 1.54) is 48.5 Å². The fourth-order valence-electron chi connectivity index (χ4n) is 2.99. The predicted octanol–water partition coefficient (Wildman–Crippen LogP) is 3.79. The monoisotopic (exact) mass is 533 g/mol. The number of carbonyl (C=O) groups is 3. The molecule has 210 valence electrons. The summed E-state index contributed by atoms with van der Waals surface area (Å²) in [5.74, 6) is -1.17. The summed E-state index contributed by atoms with van der Waals surface area (Å²) in [7, 11) is 0. The zero-order valence-electron chi connectivity index (χ0n) is 21.4. The zero-order valence-corrected chi connectivity index (χ0v) is 21.4. The standard InChI is InChI=1S/C22H35F4NO9/c1-12-17(33-11-16(25)26)14(32-10-15(23)24)9-31-8-13(18(28)34-12)27(19(29)35-21(2,3)4)20(30)36-22(5,6)7/h12-17H,8-11H2,1-7H3. The average Bonchev–Trinajstić information content (AvgIpc) is 2.71. The fraction of sp³-hybridized carbons (Fsp3) is 0.864. The Bertz CT molecular complexity index is 712. The van der Waals surface area contributed by atoms with Gasteiger partial charge in [-0.2, -0.15) is 4.90 Å². The molecule has 1 rings (SSSR count). The molecule has 4 atom stereocenters. The normalized spacial score (nSPS) is 24.0. The van der Waals surface area contributed by atoms with Crippen LogP contribution in [-0.4, -0.2) is 97.9 Å². The molecule has 2 amide bonds. The van der Waals surface area contributed by atoms with Gasteiger partial charge in [-0.25, -0.2) is 31.9 Å². The van der Waals surface area contributed by atoms with Gasteiger partial charge < -0.3 is 28.4 Å². The number of alkyl halides is 4. The molecule has 0 spiro atoms. The Labute approximate surface area is 207 Å². The van der Waals surface area contributed by atoms with Gasteiger partial charge in [0.25, 0.3) is 12.9 Å². The van der Waals surface area contributed by atoms with Crippen molar-refractivity contribution in [1.29, 1.82) is 0 Å². The Morgan fingerprint density at radius 1 is 0.917 bits per heavy atom. The minimum Gasteiger partial charge on any atom is -0.458 e. The third kappa shape index (κ3) is 11.2. The molecule has 0 aliphatic carbocycles. The van der Waals surface area contributed by atoms with Crippen LogP contribution in [0, 0.1) is 0 Å². The summed E-state index contributed by atoms with van der Waals surface area (Å²) < 4.78 is 82.4. The van der Waals surface area contributed by atoms with E-state index in [0.29, 0.717) is 4.90 Å². The number of amides is 2. The number of hydrogen-bond donors (Lipinski definition) is 0. The third-order valence-electron chi connectivity index (χ3n) is 4.30. The van der Waals surface area contributed by atoms with Gasteiger partial charge in [0.05, 0.1) is 13.2 Å². The highest BCUT2D eigenvalue weighted by Gasteiger charge is 2.44. The Balaban J connectivity index is 3.31. The van der Waals surface area contributed by atoms with Crippen LogP contribution < -0.4 is 0 Å². The molecule has 1 aliphatic rings. The highest BCUT2D eigenvalue weighted by molar-refractivity contribution is 5.94. The van der Waals surface area contributed by atoms with Crippen LogP contribution in [0.15, 0.2) is 0 Å². The van der Waals surface area contributed by atoms with Gasteiger partial charge >= 0.3 is 18.2 Å². The van der Waals surface area contributed by atoms with Crippen molar-refractivity contribution in [3.05, 3.63) is 0 Å². The van der Waals surface area contributed by atoms with Crippen molar-refractivity contribution >= 4 is 18.2 Å². The Morgan fingerprint density at radius 3 is 1.83 bits per heavy atom. The molecule has 1 saturated heterocycles. The van der Waals surface area contributed by atoms with E-state index in [-0.39, 0.29) is 0 Å². The van der Waals surface area contributed by atoms with E-state index in [0.717, 1.165) is 0 Å². The quantitative estimate of drug-likeness (QED) is 0.274. The summed E-state index contributed by atoms with van der Waals surface area (Å²) in [4.78, 5) is 39.2. The van der Waals surface area contributed by atoms with E-state index >= 15 is 0 Å². The van der Waals surface area contributed by atoms with Crippen LogP contribution in [0.4, 0.5) is 27.2 Å². The molecule has 36 heavy (non-hydrogen) atoms. The summed E-state index contributed by atoms with van der Waals surface area (Å²) in [5, 5.41) is 0. The first-order valence-corrected chi connectivity index (χ1v) is 11.2. The molecule has 0 aromatic carbocycles. The van der Waals surface area contributed by atoms with Crippen LogP contribution in [0.1, 0.15) is 48.5 Å². The maximum atomic E-state index is 13.0. The molecule has 1 heterocycles. The molecule has 0 aromatic heterocycles. The SMILES string of the molecule is CC1OC(=O)C(N(C(=O)OC(C)(C)C)C(=O)OC(C)(C)C)COCC(OCC(F)F)C1OCC(F)F. The van der Waals surface area contributed by atoms with Crippen molar-refractivity contribution in [3.8, 4) is 0 Å². The molecule has 1 fully saturated rings. The highest BCUT2D eigenvalue weighted by atomic mass is 19.3. The van der Waals surface area contributed by atoms with Crippen molar-refractivity contribution in [2.45, 2.75) is 96.9 Å². The second-order valence-electron chi connectivity index (χ2n) is 9.98. The number of hydrogen-bond acceptors (Lipinski definition) is 9. The molecule has 0 bridgehead atoms. The second kappa shape index (κ2) is 13.4. The number of nitrogens with zero attached hydrogens (tertiary/aromatic N) is 1. The maximum absolute atomic E-state index is 13.0. The van der Waals surface area contributed by atoms with Crippen molar-refractivity contribution in [2.24, 2.45) is 0 Å². The van der Waals surface area contributed by atoms with Gasteiger partial charge in [-0.3, -0.25) is 0 Å². The van der Waals surface area contributed by atoms with Crippen LogP contribution in [0.5, 0.6) is 0 Å². The van der Waals surface area contributed by atoms with Crippen LogP contribution >= 0.6 is 0 Å². The highest BCUT2D eigenvalue weighted by Crippen LogP contribution is 2.22. The lowest BCUT2D eigenvalue weighted by Gasteiger charge is -2.32. The Morgan fingerprint density at radius 2 is 1.39 bits per heavy atom. The largest absolute Gasteiger partial charge is 0.458 e. The van der Waals surface area contributed by atoms with E-state index in [2.05, 4.69) is 0 Å². The number of ether oxygens (including phenoxy) is 6. The van der Waals surface area contributed by atoms with Crippen molar-refractivity contribution < 1.29 is 60.4 Å². The molecule has 0 aromatic rings. The van der Waals surface area contributed by atoms with E-state index in [4.69, 9.17) is 28.4 Å². The van der Waals surface area contributed by atoms with Gasteiger partial charge in [-0.15, -0.1) is 0 Å². The first-order chi connectivity index (χ1) is 16.4. The van der Waals surface area contributed by atoms with Crippen LogP contribution in [0.3, 0.4) is 0 Å². The van der Waals surface area contributed by atoms with Gasteiger partial charge in [0, 0.05) is 0 Å². The van der Waals surface area contributed by atoms with Crippen LogP contribution in [0.2, 0.25) is 0 Å². The average molecular weight is 534 g/mol. The van der Waals surface area contributed by atoms with E-state index in [1.807, 2.05) is 0 Å². The van der Waals surface area contributed by atoms with E-state index < -0.39 is 93.0 Å². The van der Waals surface area contributed by atoms with Crippen LogP contribution in [0.25, 0.3) is 0 Å². The number of rotatable bonds is 7. The molecule has 4 unspecified atom stereocenters. The van der Waals surface area contributed by atoms with Gasteiger partial charge in [0.2, 0.25) is 0 Å². The first-order valence-electron chi connectivity index (χ1n) is 11.2. The lowest BCUT2D eigenvalue weighted by atomic mass is 10.1. The smallest absolute Gasteiger partial charge is 0.420 e. The lowest BCUT2D eigenvalue weighted by Crippen LogP contribution is -2.54. The lowest BCUT2D eigenvalue weighted by molar-refractivity contribution is -0.178. The Kier molecular flexibility index (Phi) is 11.8. The van der Waals surface area contributed by atoms with Crippen molar-refractivity contribution in [3.63, 3.8) is 0 Å². The van der Waals surface area contributed by atoms with E-state index in [9.17, 15) is 31.9 Å². The number of carbonyl (C=O) groups excluding carboxylic acids is 3. The Hall–Kier alpha value is -2.19. The second-order valence-corrected chi connectivity index (χ2v) is 9.98. The molecule has 0 radical (unpaired) electrons. The van der Waals surface area contributed by atoms with Crippen LogP contribution in [-0.2, 0) is 33.2 Å². The molecule has 14 heteroatoms. The van der Waals surface area contributed by atoms with Gasteiger partial charge in [-0.1, -0.05) is 0 Å². The number of halogens is 4. The number of cyclic esters (lactones) is 1. The zero-order chi connectivity index (χ0) is 27.8. The predicted molar refractivity (Wildman–Crippen MR) is 116 cm³/mol. The summed E-state index contributed by atoms with van der Waals surface area (Å²) in [6.07, 6.45) is -12.3. The number of imide groups is 1. The minimum atomic E-state index is -2.90. The fourth-order valence-corrected chi connectivity index (χ4v) is 2.99. The van der Waals surface area contributed by atoms with Gasteiger partial charge in [-0.05, 0) is 48.5 Å². The van der Waals surface area contributed by atoms with Gasteiger partial charge in [0.1, 0.15) is 42.7 Å². The third-order valence-corrected chi connectivity index (χ3v) is 4.30. The van der Waals surface area contributed by atoms with Crippen molar-refractivity contribution in [1.82, 2.24) is 4.90 Å². The molecule has 0 N–H and O–H groups in total. The summed E-state index contributed by atoms with van der Waals surface area (Å²) in [5.41, 5.74) is -2.12. The molecular formula is C22H35F4NO9. The summed E-state index contributed by atoms with van der Waals surface area (Å²) >= 11 is 0. The maximum Gasteiger partial charge on any atom is 0.420 e. The molecular weight excluding hydrogens is 498 g/mol. The molecule has 10 nitrogen and oxygen atoms in total. The minimum absolute atomic E-state index is 0.390. The number of esters is 1. The van der Waals surface area contributed by atoms with Gasteiger partial charge in [0.15, 0.2) is 6.04 Å². The van der Waals surface area contributed by atoms with Crippen molar-refractivity contribution in [2.75, 3.05) is 26.4 Å². The molecule has 1 aliphatic heterocycles. The summed E-state index contributed by atoms with van der Waals surface area (Å²) in [6, 6.07) is -1.72. The topological polar surface area (TPSA) is 110 Å². The molecule has 0 saturated carbocycles. The van der Waals surface area contributed by atoms with E-state index in [1.54, 1.807) is 0 Å².